The number of ether oxygens (including phenoxy) is 1. The number of hydrazone groups is 1. The van der Waals surface area contributed by atoms with Gasteiger partial charge in [0.1, 0.15) is 0 Å². The number of benzene rings is 2. The standard InChI is InChI=1S/C18H17BrN4O5/c1-11(12-7-8-16(28-2)15(9-12)23(26)27)21-22-17(24)10-20-18(25)13-5-3-4-6-14(13)19/h3-9H,10H2,1-2H3,(H2-,20,22,24,25,26,27)/p+1/b21-11+. The lowest BCUT2D eigenvalue weighted by molar-refractivity contribution is -0.730. The molecule has 0 radical (unpaired) electrons. The summed E-state index contributed by atoms with van der Waals surface area (Å²) in [5.74, 6) is -0.740. The molecule has 0 fully saturated rings. The van der Waals surface area contributed by atoms with E-state index in [1.54, 1.807) is 37.3 Å². The molecule has 2 amide bonds. The summed E-state index contributed by atoms with van der Waals surface area (Å²) in [6, 6.07) is 11.3. The van der Waals surface area contributed by atoms with Gasteiger partial charge in [-0.15, -0.1) is 0 Å². The smallest absolute Gasteiger partial charge is 0.358 e. The van der Waals surface area contributed by atoms with Crippen LogP contribution in [-0.2, 0) is 4.79 Å². The lowest BCUT2D eigenvalue weighted by Gasteiger charge is -2.07. The molecule has 2 rings (SSSR count). The van der Waals surface area contributed by atoms with E-state index in [-0.39, 0.29) is 22.9 Å². The number of halogens is 1. The van der Waals surface area contributed by atoms with Crippen LogP contribution in [0.3, 0.4) is 0 Å². The van der Waals surface area contributed by atoms with Crippen LogP contribution < -0.4 is 15.5 Å². The summed E-state index contributed by atoms with van der Waals surface area (Å²) in [7, 11) is 1.37. The summed E-state index contributed by atoms with van der Waals surface area (Å²) in [6.45, 7) is 1.34. The maximum absolute atomic E-state index is 12.1. The maximum Gasteiger partial charge on any atom is 0.358 e. The summed E-state index contributed by atoms with van der Waals surface area (Å²) in [4.78, 5) is 34.9. The van der Waals surface area contributed by atoms with E-state index in [1.807, 2.05) is 0 Å². The highest BCUT2D eigenvalue weighted by molar-refractivity contribution is 9.10. The van der Waals surface area contributed by atoms with Gasteiger partial charge in [0.15, 0.2) is 0 Å². The van der Waals surface area contributed by atoms with E-state index in [4.69, 9.17) is 9.94 Å². The molecule has 146 valence electrons. The Morgan fingerprint density at radius 3 is 2.61 bits per heavy atom. The zero-order valence-electron chi connectivity index (χ0n) is 15.1. The number of hydrogen-bond acceptors (Lipinski definition) is 5. The number of nitrogens with zero attached hydrogens (tertiary/aromatic N) is 2. The first kappa shape index (κ1) is 21.0. The van der Waals surface area contributed by atoms with Crippen molar-refractivity contribution in [3.05, 3.63) is 63.0 Å². The molecular weight excluding hydrogens is 432 g/mol. The van der Waals surface area contributed by atoms with Crippen LogP contribution in [0.15, 0.2) is 52.0 Å². The van der Waals surface area contributed by atoms with Crippen LogP contribution in [0.2, 0.25) is 0 Å². The van der Waals surface area contributed by atoms with Crippen molar-refractivity contribution in [3.8, 4) is 5.75 Å². The minimum absolute atomic E-state index is 0.0958. The minimum Gasteiger partial charge on any atom is -0.490 e. The molecule has 0 aliphatic rings. The summed E-state index contributed by atoms with van der Waals surface area (Å²) in [5, 5.41) is 15.6. The summed E-state index contributed by atoms with van der Waals surface area (Å²) in [6.07, 6.45) is 0. The van der Waals surface area contributed by atoms with Gasteiger partial charge in [-0.05, 0) is 47.1 Å². The van der Waals surface area contributed by atoms with E-state index in [1.165, 1.54) is 19.2 Å². The highest BCUT2D eigenvalue weighted by Gasteiger charge is 2.21. The molecule has 0 heterocycles. The second kappa shape index (κ2) is 9.60. The minimum atomic E-state index is -0.527. The molecule has 28 heavy (non-hydrogen) atoms. The van der Waals surface area contributed by atoms with Crippen LogP contribution in [0.25, 0.3) is 0 Å². The highest BCUT2D eigenvalue weighted by Crippen LogP contribution is 2.27. The van der Waals surface area contributed by atoms with Crippen LogP contribution in [0, 0.1) is 4.91 Å². The van der Waals surface area contributed by atoms with Crippen molar-refractivity contribution in [1.29, 1.82) is 0 Å². The van der Waals surface area contributed by atoms with E-state index in [9.17, 15) is 14.5 Å². The van der Waals surface area contributed by atoms with Crippen molar-refractivity contribution in [1.82, 2.24) is 10.7 Å². The van der Waals surface area contributed by atoms with Crippen molar-refractivity contribution >= 4 is 39.1 Å². The second-order valence-corrected chi connectivity index (χ2v) is 6.41. The molecular formula is C18H18BrN4O5+. The number of nitrogens with one attached hydrogen (secondary N) is 2. The molecule has 0 saturated heterocycles. The summed E-state index contributed by atoms with van der Waals surface area (Å²) >= 11 is 3.27. The van der Waals surface area contributed by atoms with Crippen molar-refractivity contribution in [2.24, 2.45) is 5.10 Å². The third-order valence-corrected chi connectivity index (χ3v) is 4.37. The Kier molecular flexibility index (Phi) is 7.21. The molecule has 0 aromatic heterocycles. The third kappa shape index (κ3) is 5.36. The molecule has 0 unspecified atom stereocenters. The normalized spacial score (nSPS) is 10.9. The summed E-state index contributed by atoms with van der Waals surface area (Å²) < 4.78 is 5.60. The van der Waals surface area contributed by atoms with E-state index in [0.29, 0.717) is 21.3 Å². The largest absolute Gasteiger partial charge is 0.490 e. The fourth-order valence-corrected chi connectivity index (χ4v) is 2.68. The van der Waals surface area contributed by atoms with E-state index >= 15 is 0 Å². The number of carbonyl (C=O) groups is 2. The summed E-state index contributed by atoms with van der Waals surface area (Å²) in [5.41, 5.74) is 3.50. The number of hydrogen-bond donors (Lipinski definition) is 3. The molecule has 10 heteroatoms. The van der Waals surface area contributed by atoms with Gasteiger partial charge in [0.25, 0.3) is 16.7 Å². The molecule has 9 nitrogen and oxygen atoms in total. The average Bonchev–Trinajstić information content (AvgIpc) is 2.69. The zero-order chi connectivity index (χ0) is 20.7. The molecule has 0 saturated carbocycles. The fourth-order valence-electron chi connectivity index (χ4n) is 2.22. The molecule has 0 atom stereocenters. The molecule has 0 bridgehead atoms. The molecule has 2 aromatic carbocycles. The van der Waals surface area contributed by atoms with Gasteiger partial charge in [0, 0.05) is 16.1 Å². The Balaban J connectivity index is 1.98. The first-order chi connectivity index (χ1) is 13.3. The van der Waals surface area contributed by atoms with Crippen LogP contribution in [-0.4, -0.2) is 41.3 Å². The third-order valence-electron chi connectivity index (χ3n) is 3.68. The van der Waals surface area contributed by atoms with Gasteiger partial charge >= 0.3 is 5.69 Å². The predicted molar refractivity (Wildman–Crippen MR) is 105 cm³/mol. The van der Waals surface area contributed by atoms with Crippen LogP contribution in [0.4, 0.5) is 5.69 Å². The van der Waals surface area contributed by atoms with Gasteiger partial charge in [-0.25, -0.2) is 10.6 Å². The highest BCUT2D eigenvalue weighted by atomic mass is 79.9. The van der Waals surface area contributed by atoms with Gasteiger partial charge in [-0.1, -0.05) is 12.1 Å². The van der Waals surface area contributed by atoms with Crippen LogP contribution in [0.1, 0.15) is 22.8 Å². The predicted octanol–water partition coefficient (Wildman–Crippen LogP) is 2.53. The van der Waals surface area contributed by atoms with Crippen molar-refractivity contribution in [2.45, 2.75) is 6.92 Å². The van der Waals surface area contributed by atoms with Crippen LogP contribution in [0.5, 0.6) is 5.75 Å². The van der Waals surface area contributed by atoms with Crippen LogP contribution >= 0.6 is 15.9 Å². The van der Waals surface area contributed by atoms with Crippen molar-refractivity contribution < 1.29 is 24.5 Å². The van der Waals surface area contributed by atoms with Crippen molar-refractivity contribution in [2.75, 3.05) is 13.7 Å². The molecule has 3 N–H and O–H groups in total. The van der Waals surface area contributed by atoms with E-state index in [0.717, 1.165) is 0 Å². The number of rotatable bonds is 7. The first-order valence-electron chi connectivity index (χ1n) is 8.04. The monoisotopic (exact) mass is 449 g/mol. The fraction of sp³-hybridized carbons (Fsp3) is 0.167. The average molecular weight is 450 g/mol. The van der Waals surface area contributed by atoms with Gasteiger partial charge in [-0.2, -0.15) is 5.10 Å². The topological polar surface area (TPSA) is 120 Å². The number of amides is 2. The Hall–Kier alpha value is -3.27. The molecule has 0 aliphatic heterocycles. The molecule has 2 aromatic rings. The number of carbonyl (C=O) groups excluding carboxylic acids is 2. The van der Waals surface area contributed by atoms with Gasteiger partial charge < -0.3 is 10.1 Å². The molecule has 0 aliphatic carbocycles. The maximum atomic E-state index is 12.1. The Bertz CT molecular complexity index is 945. The molecule has 0 spiro atoms. The van der Waals surface area contributed by atoms with E-state index < -0.39 is 11.8 Å². The second-order valence-electron chi connectivity index (χ2n) is 5.55. The van der Waals surface area contributed by atoms with Gasteiger partial charge in [0.2, 0.25) is 5.75 Å². The quantitative estimate of drug-likeness (QED) is 0.443. The Morgan fingerprint density at radius 1 is 1.25 bits per heavy atom. The number of methoxy groups -OCH3 is 1. The van der Waals surface area contributed by atoms with Gasteiger partial charge in [0.05, 0.1) is 29.8 Å². The zero-order valence-corrected chi connectivity index (χ0v) is 16.7. The van der Waals surface area contributed by atoms with Crippen molar-refractivity contribution in [3.63, 3.8) is 0 Å². The lowest BCUT2D eigenvalue weighted by Crippen LogP contribution is -2.35. The Labute approximate surface area is 169 Å². The Morgan fingerprint density at radius 2 is 1.96 bits per heavy atom. The van der Waals surface area contributed by atoms with Gasteiger partial charge in [-0.3, -0.25) is 9.59 Å². The first-order valence-corrected chi connectivity index (χ1v) is 8.83. The SMILES string of the molecule is COc1ccc(/C(C)=N/NC(=O)CNC(=O)c2ccccc2Br)cc1[N+](=O)O. The van der Waals surface area contributed by atoms with E-state index in [2.05, 4.69) is 31.8 Å². The lowest BCUT2D eigenvalue weighted by atomic mass is 10.1.